The zero-order valence-electron chi connectivity index (χ0n) is 10.3. The molecule has 0 aliphatic carbocycles. The van der Waals surface area contributed by atoms with Crippen LogP contribution in [0.15, 0.2) is 28.3 Å². The number of hydrogen-bond acceptors (Lipinski definition) is 6. The first kappa shape index (κ1) is 12.1. The third-order valence-corrected chi connectivity index (χ3v) is 4.03. The van der Waals surface area contributed by atoms with Crippen molar-refractivity contribution in [3.8, 4) is 0 Å². The van der Waals surface area contributed by atoms with E-state index in [-0.39, 0.29) is 5.91 Å². The molecule has 1 aromatic carbocycles. The minimum atomic E-state index is -1.06. The van der Waals surface area contributed by atoms with Gasteiger partial charge in [0.05, 0.1) is 5.69 Å². The Hall–Kier alpha value is -1.93. The molecule has 0 radical (unpaired) electrons. The molecule has 1 unspecified atom stereocenters. The molecule has 1 N–H and O–H groups in total. The summed E-state index contributed by atoms with van der Waals surface area (Å²) in [5.74, 6) is -0.308. The molecule has 0 fully saturated rings. The number of aliphatic hydroxyl groups is 1. The lowest BCUT2D eigenvalue weighted by atomic mass is 10.1. The van der Waals surface area contributed by atoms with Crippen LogP contribution in [0.1, 0.15) is 11.7 Å². The number of rotatable bonds is 2. The van der Waals surface area contributed by atoms with Crippen LogP contribution >= 0.6 is 11.8 Å². The van der Waals surface area contributed by atoms with Crippen molar-refractivity contribution in [2.75, 3.05) is 11.9 Å². The Morgan fingerprint density at radius 2 is 2.16 bits per heavy atom. The highest BCUT2D eigenvalue weighted by atomic mass is 32.2. The van der Waals surface area contributed by atoms with Crippen molar-refractivity contribution >= 4 is 23.4 Å². The van der Waals surface area contributed by atoms with E-state index in [1.807, 2.05) is 12.1 Å². The number of carbonyl (C=O) groups is 1. The molecule has 0 bridgehead atoms. The lowest BCUT2D eigenvalue weighted by molar-refractivity contribution is -0.125. The zero-order chi connectivity index (χ0) is 13.6. The van der Waals surface area contributed by atoms with E-state index < -0.39 is 6.10 Å². The highest BCUT2D eigenvalue weighted by Gasteiger charge is 2.33. The van der Waals surface area contributed by atoms with Crippen LogP contribution in [-0.4, -0.2) is 38.3 Å². The molecule has 19 heavy (non-hydrogen) atoms. The lowest BCUT2D eigenvalue weighted by Crippen LogP contribution is -2.23. The molecule has 3 rings (SSSR count). The fourth-order valence-electron chi connectivity index (χ4n) is 1.96. The van der Waals surface area contributed by atoms with E-state index in [1.165, 1.54) is 16.7 Å². The number of amides is 1. The van der Waals surface area contributed by atoms with Crippen molar-refractivity contribution in [1.29, 1.82) is 0 Å². The number of likely N-dealkylation sites (N-methyl/N-ethyl adjacent to an activating group) is 1. The molecule has 1 atom stereocenters. The molecule has 98 valence electrons. The smallest absolute Gasteiger partial charge is 0.260 e. The molecule has 2 heterocycles. The number of anilines is 1. The van der Waals surface area contributed by atoms with Gasteiger partial charge in [0.1, 0.15) is 0 Å². The van der Waals surface area contributed by atoms with Gasteiger partial charge in [-0.2, -0.15) is 0 Å². The molecule has 0 spiro atoms. The van der Waals surface area contributed by atoms with Crippen molar-refractivity contribution in [3.05, 3.63) is 23.8 Å². The minimum absolute atomic E-state index is 0.308. The lowest BCUT2D eigenvalue weighted by Gasteiger charge is -2.10. The van der Waals surface area contributed by atoms with Crippen LogP contribution in [-0.2, 0) is 11.8 Å². The summed E-state index contributed by atoms with van der Waals surface area (Å²) in [5, 5.41) is 21.6. The van der Waals surface area contributed by atoms with Crippen molar-refractivity contribution in [1.82, 2.24) is 20.2 Å². The second-order valence-electron chi connectivity index (χ2n) is 4.21. The number of aromatic nitrogens is 4. The summed E-state index contributed by atoms with van der Waals surface area (Å²) < 4.78 is 1.57. The Bertz CT molecular complexity index is 656. The van der Waals surface area contributed by atoms with Gasteiger partial charge in [-0.1, -0.05) is 6.07 Å². The van der Waals surface area contributed by atoms with Gasteiger partial charge in [-0.25, -0.2) is 4.68 Å². The molecule has 1 aliphatic rings. The Morgan fingerprint density at radius 3 is 2.84 bits per heavy atom. The first-order valence-corrected chi connectivity index (χ1v) is 6.39. The number of carbonyl (C=O) groups excluding carboxylic acids is 1. The van der Waals surface area contributed by atoms with E-state index >= 15 is 0 Å². The molecule has 1 aromatic heterocycles. The summed E-state index contributed by atoms with van der Waals surface area (Å²) in [6, 6.07) is 5.45. The van der Waals surface area contributed by atoms with Gasteiger partial charge in [0.25, 0.3) is 5.91 Å². The number of aryl methyl sites for hydroxylation is 1. The van der Waals surface area contributed by atoms with Crippen molar-refractivity contribution in [2.45, 2.75) is 16.2 Å². The van der Waals surface area contributed by atoms with E-state index in [0.29, 0.717) is 10.7 Å². The van der Waals surface area contributed by atoms with Gasteiger partial charge in [0.2, 0.25) is 5.16 Å². The molecule has 7 nitrogen and oxygen atoms in total. The van der Waals surface area contributed by atoms with Gasteiger partial charge in [0.15, 0.2) is 6.10 Å². The summed E-state index contributed by atoms with van der Waals surface area (Å²) in [6.07, 6.45) is -1.06. The Balaban J connectivity index is 1.95. The molecule has 1 amide bonds. The van der Waals surface area contributed by atoms with Crippen LogP contribution in [0.2, 0.25) is 0 Å². The third kappa shape index (κ3) is 1.89. The molecule has 2 aromatic rings. The summed E-state index contributed by atoms with van der Waals surface area (Å²) >= 11 is 1.40. The molecule has 0 saturated carbocycles. The fraction of sp³-hybridized carbons (Fsp3) is 0.273. The zero-order valence-corrected chi connectivity index (χ0v) is 11.1. The third-order valence-electron chi connectivity index (χ3n) is 3.01. The number of hydrogen-bond donors (Lipinski definition) is 1. The van der Waals surface area contributed by atoms with Crippen LogP contribution in [0.4, 0.5) is 5.69 Å². The normalized spacial score (nSPS) is 17.9. The van der Waals surface area contributed by atoms with Crippen LogP contribution in [0.5, 0.6) is 0 Å². The maximum absolute atomic E-state index is 11.7. The van der Waals surface area contributed by atoms with Crippen LogP contribution < -0.4 is 4.90 Å². The Labute approximate surface area is 113 Å². The monoisotopic (exact) mass is 277 g/mol. The maximum atomic E-state index is 11.7. The standard InChI is InChI=1S/C11H11N5O2S/c1-15-8-5-6(19-11-12-13-14-16(11)2)3-4-7(8)9(17)10(15)18/h3-5,9,17H,1-2H3. The minimum Gasteiger partial charge on any atom is -0.378 e. The highest BCUT2D eigenvalue weighted by molar-refractivity contribution is 7.99. The number of tetrazole rings is 1. The van der Waals surface area contributed by atoms with Gasteiger partial charge >= 0.3 is 0 Å². The van der Waals surface area contributed by atoms with Gasteiger partial charge in [-0.15, -0.1) is 5.10 Å². The van der Waals surface area contributed by atoms with Gasteiger partial charge in [-0.05, 0) is 34.3 Å². The Morgan fingerprint density at radius 1 is 1.37 bits per heavy atom. The fourth-order valence-corrected chi connectivity index (χ4v) is 2.72. The van der Waals surface area contributed by atoms with E-state index in [4.69, 9.17) is 0 Å². The number of fused-ring (bicyclic) bond motifs is 1. The first-order valence-electron chi connectivity index (χ1n) is 5.57. The molecule has 0 saturated heterocycles. The maximum Gasteiger partial charge on any atom is 0.260 e. The number of benzene rings is 1. The highest BCUT2D eigenvalue weighted by Crippen LogP contribution is 2.38. The van der Waals surface area contributed by atoms with Gasteiger partial charge in [-0.3, -0.25) is 4.79 Å². The second-order valence-corrected chi connectivity index (χ2v) is 5.25. The van der Waals surface area contributed by atoms with E-state index in [1.54, 1.807) is 24.8 Å². The largest absolute Gasteiger partial charge is 0.378 e. The average molecular weight is 277 g/mol. The van der Waals surface area contributed by atoms with Crippen LogP contribution in [0.25, 0.3) is 0 Å². The Kier molecular flexibility index (Phi) is 2.76. The second kappa shape index (κ2) is 4.32. The number of aliphatic hydroxyl groups excluding tert-OH is 1. The van der Waals surface area contributed by atoms with Gasteiger partial charge < -0.3 is 10.0 Å². The van der Waals surface area contributed by atoms with Crippen LogP contribution in [0, 0.1) is 0 Å². The molecule has 1 aliphatic heterocycles. The first-order chi connectivity index (χ1) is 9.08. The van der Waals surface area contributed by atoms with Crippen molar-refractivity contribution < 1.29 is 9.90 Å². The predicted molar refractivity (Wildman–Crippen MR) is 67.7 cm³/mol. The number of nitrogens with zero attached hydrogens (tertiary/aromatic N) is 5. The summed E-state index contributed by atoms with van der Waals surface area (Å²) in [6.45, 7) is 0. The average Bonchev–Trinajstić information content (AvgIpc) is 2.89. The van der Waals surface area contributed by atoms with E-state index in [0.717, 1.165) is 10.6 Å². The molecule has 8 heteroatoms. The van der Waals surface area contributed by atoms with E-state index in [9.17, 15) is 9.90 Å². The summed E-state index contributed by atoms with van der Waals surface area (Å²) in [4.78, 5) is 14.0. The quantitative estimate of drug-likeness (QED) is 0.854. The summed E-state index contributed by atoms with van der Waals surface area (Å²) in [5.41, 5.74) is 1.35. The van der Waals surface area contributed by atoms with Crippen molar-refractivity contribution in [2.24, 2.45) is 7.05 Å². The van der Waals surface area contributed by atoms with Crippen LogP contribution in [0.3, 0.4) is 0 Å². The SMILES string of the molecule is CN1C(=O)C(O)c2ccc(Sc3nnnn3C)cc21. The van der Waals surface area contributed by atoms with E-state index in [2.05, 4.69) is 15.5 Å². The predicted octanol–water partition coefficient (Wildman–Crippen LogP) is 0.371. The molecular formula is C11H11N5O2S. The summed E-state index contributed by atoms with van der Waals surface area (Å²) in [7, 11) is 3.41. The van der Waals surface area contributed by atoms with Gasteiger partial charge in [0, 0.05) is 24.6 Å². The topological polar surface area (TPSA) is 84.1 Å². The van der Waals surface area contributed by atoms with Crippen molar-refractivity contribution in [3.63, 3.8) is 0 Å². The molecular weight excluding hydrogens is 266 g/mol.